The van der Waals surface area contributed by atoms with Crippen LogP contribution in [0.5, 0.6) is 0 Å². The maximum atomic E-state index is 13.4. The summed E-state index contributed by atoms with van der Waals surface area (Å²) in [5.74, 6) is -0.709. The van der Waals surface area contributed by atoms with Crippen molar-refractivity contribution in [2.24, 2.45) is 0 Å². The molecule has 0 aliphatic rings. The van der Waals surface area contributed by atoms with Gasteiger partial charge < -0.3 is 11.1 Å². The number of amides is 1. The summed E-state index contributed by atoms with van der Waals surface area (Å²) in [6, 6.07) is 11.0. The van der Waals surface area contributed by atoms with Crippen LogP contribution >= 0.6 is 11.6 Å². The molecule has 2 rings (SSSR count). The average Bonchev–Trinajstić information content (AvgIpc) is 2.37. The van der Waals surface area contributed by atoms with Gasteiger partial charge in [-0.1, -0.05) is 29.8 Å². The first kappa shape index (κ1) is 13.4. The predicted molar refractivity (Wildman–Crippen MR) is 74.6 cm³/mol. The molecule has 2 aromatic carbocycles. The van der Waals surface area contributed by atoms with Crippen LogP contribution in [0, 0.1) is 5.82 Å². The number of rotatable bonds is 3. The van der Waals surface area contributed by atoms with Crippen LogP contribution in [0.4, 0.5) is 15.8 Å². The van der Waals surface area contributed by atoms with E-state index < -0.39 is 5.82 Å². The number of hydrogen-bond donors (Lipinski definition) is 2. The Bertz CT molecular complexity index is 616. The number of nitrogens with one attached hydrogen (secondary N) is 1. The lowest BCUT2D eigenvalue weighted by Crippen LogP contribution is -2.15. The maximum absolute atomic E-state index is 13.4. The fraction of sp³-hybridized carbons (Fsp3) is 0.0714. The van der Waals surface area contributed by atoms with Crippen molar-refractivity contribution in [1.82, 2.24) is 0 Å². The van der Waals surface area contributed by atoms with Gasteiger partial charge in [-0.2, -0.15) is 0 Å². The number of halogens is 2. The van der Waals surface area contributed by atoms with Crippen molar-refractivity contribution >= 4 is 28.9 Å². The smallest absolute Gasteiger partial charge is 0.228 e. The molecule has 0 aliphatic heterocycles. The number of hydrogen-bond acceptors (Lipinski definition) is 2. The SMILES string of the molecule is Nc1ccc(NC(=O)Cc2ccccc2F)cc1Cl. The van der Waals surface area contributed by atoms with Gasteiger partial charge in [0, 0.05) is 5.69 Å². The Balaban J connectivity index is 2.05. The van der Waals surface area contributed by atoms with Gasteiger partial charge in [0.15, 0.2) is 0 Å². The lowest BCUT2D eigenvalue weighted by atomic mass is 10.1. The number of carbonyl (C=O) groups excluding carboxylic acids is 1. The Morgan fingerprint density at radius 1 is 1.26 bits per heavy atom. The van der Waals surface area contributed by atoms with Crippen LogP contribution in [0.1, 0.15) is 5.56 Å². The van der Waals surface area contributed by atoms with Crippen LogP contribution in [0.25, 0.3) is 0 Å². The Hall–Kier alpha value is -2.07. The Morgan fingerprint density at radius 2 is 2.00 bits per heavy atom. The van der Waals surface area contributed by atoms with E-state index in [1.54, 1.807) is 36.4 Å². The minimum Gasteiger partial charge on any atom is -0.398 e. The molecule has 0 unspecified atom stereocenters. The number of benzene rings is 2. The molecule has 0 radical (unpaired) electrons. The zero-order valence-electron chi connectivity index (χ0n) is 9.99. The third-order valence-corrected chi connectivity index (χ3v) is 2.92. The van der Waals surface area contributed by atoms with Crippen LogP contribution in [0.15, 0.2) is 42.5 Å². The molecule has 1 amide bonds. The van der Waals surface area contributed by atoms with Gasteiger partial charge in [0.2, 0.25) is 5.91 Å². The highest BCUT2D eigenvalue weighted by atomic mass is 35.5. The molecule has 0 spiro atoms. The molecule has 3 nitrogen and oxygen atoms in total. The first-order chi connectivity index (χ1) is 9.06. The van der Waals surface area contributed by atoms with Crippen molar-refractivity contribution in [3.05, 3.63) is 58.9 Å². The van der Waals surface area contributed by atoms with E-state index in [1.807, 2.05) is 0 Å². The normalized spacial score (nSPS) is 10.2. The summed E-state index contributed by atoms with van der Waals surface area (Å²) in [6.45, 7) is 0. The molecule has 0 saturated heterocycles. The Labute approximate surface area is 115 Å². The zero-order valence-corrected chi connectivity index (χ0v) is 10.7. The first-order valence-electron chi connectivity index (χ1n) is 5.64. The van der Waals surface area contributed by atoms with E-state index in [0.29, 0.717) is 22.0 Å². The second kappa shape index (κ2) is 5.71. The van der Waals surface area contributed by atoms with Crippen LogP contribution in [0.2, 0.25) is 5.02 Å². The van der Waals surface area contributed by atoms with Gasteiger partial charge in [-0.05, 0) is 29.8 Å². The van der Waals surface area contributed by atoms with Gasteiger partial charge in [-0.3, -0.25) is 4.79 Å². The maximum Gasteiger partial charge on any atom is 0.228 e. The van der Waals surface area contributed by atoms with E-state index in [4.69, 9.17) is 17.3 Å². The third-order valence-electron chi connectivity index (χ3n) is 2.59. The molecule has 19 heavy (non-hydrogen) atoms. The summed E-state index contributed by atoms with van der Waals surface area (Å²) in [6.07, 6.45) is -0.0331. The minimum atomic E-state index is -0.395. The zero-order chi connectivity index (χ0) is 13.8. The van der Waals surface area contributed by atoms with Crippen molar-refractivity contribution < 1.29 is 9.18 Å². The molecule has 5 heteroatoms. The van der Waals surface area contributed by atoms with E-state index in [9.17, 15) is 9.18 Å². The summed E-state index contributed by atoms with van der Waals surface area (Å²) >= 11 is 5.85. The molecule has 0 saturated carbocycles. The van der Waals surface area contributed by atoms with Crippen LogP contribution in [0.3, 0.4) is 0 Å². The monoisotopic (exact) mass is 278 g/mol. The summed E-state index contributed by atoms with van der Waals surface area (Å²) in [5, 5.41) is 3.00. The Morgan fingerprint density at radius 3 is 2.68 bits per heavy atom. The number of carbonyl (C=O) groups is 1. The second-order valence-corrected chi connectivity index (χ2v) is 4.46. The molecule has 0 fully saturated rings. The average molecular weight is 279 g/mol. The first-order valence-corrected chi connectivity index (χ1v) is 6.02. The highest BCUT2D eigenvalue weighted by molar-refractivity contribution is 6.33. The van der Waals surface area contributed by atoms with Gasteiger partial charge >= 0.3 is 0 Å². The molecule has 0 aliphatic carbocycles. The summed E-state index contributed by atoms with van der Waals surface area (Å²) in [7, 11) is 0. The van der Waals surface area contributed by atoms with Gasteiger partial charge in [-0.15, -0.1) is 0 Å². The largest absolute Gasteiger partial charge is 0.398 e. The molecule has 0 atom stereocenters. The fourth-order valence-corrected chi connectivity index (χ4v) is 1.81. The molecule has 0 aromatic heterocycles. The van der Waals surface area contributed by atoms with E-state index >= 15 is 0 Å². The van der Waals surface area contributed by atoms with Gasteiger partial charge in [0.25, 0.3) is 0 Å². The van der Waals surface area contributed by atoms with E-state index in [2.05, 4.69) is 5.32 Å². The molecule has 0 heterocycles. The third kappa shape index (κ3) is 3.45. The van der Waals surface area contributed by atoms with E-state index in [1.165, 1.54) is 6.07 Å². The van der Waals surface area contributed by atoms with Gasteiger partial charge in [0.1, 0.15) is 5.82 Å². The molecular weight excluding hydrogens is 267 g/mol. The van der Waals surface area contributed by atoms with Gasteiger partial charge in [-0.25, -0.2) is 4.39 Å². The Kier molecular flexibility index (Phi) is 4.02. The quantitative estimate of drug-likeness (QED) is 0.847. The van der Waals surface area contributed by atoms with E-state index in [-0.39, 0.29) is 12.3 Å². The highest BCUT2D eigenvalue weighted by Crippen LogP contribution is 2.22. The fourth-order valence-electron chi connectivity index (χ4n) is 1.62. The second-order valence-electron chi connectivity index (χ2n) is 4.05. The standard InChI is InChI=1S/C14H12ClFN2O/c15-11-8-10(5-6-13(11)17)18-14(19)7-9-3-1-2-4-12(9)16/h1-6,8H,7,17H2,(H,18,19). The highest BCUT2D eigenvalue weighted by Gasteiger charge is 2.08. The van der Waals surface area contributed by atoms with Crippen LogP contribution in [-0.2, 0) is 11.2 Å². The van der Waals surface area contributed by atoms with Crippen molar-refractivity contribution in [1.29, 1.82) is 0 Å². The molecule has 0 bridgehead atoms. The summed E-state index contributed by atoms with van der Waals surface area (Å²) in [4.78, 5) is 11.8. The van der Waals surface area contributed by atoms with Crippen molar-refractivity contribution in [2.75, 3.05) is 11.1 Å². The lowest BCUT2D eigenvalue weighted by Gasteiger charge is -2.07. The van der Waals surface area contributed by atoms with Gasteiger partial charge in [0.05, 0.1) is 17.1 Å². The molecular formula is C14H12ClFN2O. The van der Waals surface area contributed by atoms with Crippen LogP contribution < -0.4 is 11.1 Å². The van der Waals surface area contributed by atoms with Crippen LogP contribution in [-0.4, -0.2) is 5.91 Å². The topological polar surface area (TPSA) is 55.1 Å². The molecule has 3 N–H and O–H groups in total. The molecule has 2 aromatic rings. The number of nitrogens with two attached hydrogens (primary N) is 1. The lowest BCUT2D eigenvalue weighted by molar-refractivity contribution is -0.115. The summed E-state index contributed by atoms with van der Waals surface area (Å²) < 4.78 is 13.4. The number of nitrogen functional groups attached to an aromatic ring is 1. The molecule has 98 valence electrons. The van der Waals surface area contributed by atoms with Crippen molar-refractivity contribution in [3.63, 3.8) is 0 Å². The minimum absolute atomic E-state index is 0.0331. The van der Waals surface area contributed by atoms with Crippen molar-refractivity contribution in [3.8, 4) is 0 Å². The predicted octanol–water partition coefficient (Wildman–Crippen LogP) is 3.24. The number of anilines is 2. The van der Waals surface area contributed by atoms with E-state index in [0.717, 1.165) is 0 Å². The van der Waals surface area contributed by atoms with Crippen molar-refractivity contribution in [2.45, 2.75) is 6.42 Å². The summed E-state index contributed by atoms with van der Waals surface area (Å²) in [5.41, 5.74) is 6.88.